The Kier molecular flexibility index (Phi) is 4.82. The van der Waals surface area contributed by atoms with E-state index < -0.39 is 11.7 Å². The van der Waals surface area contributed by atoms with Gasteiger partial charge in [0.1, 0.15) is 5.60 Å². The van der Waals surface area contributed by atoms with Crippen LogP contribution in [0.15, 0.2) is 24.3 Å². The van der Waals surface area contributed by atoms with E-state index in [2.05, 4.69) is 5.32 Å². The zero-order chi connectivity index (χ0) is 12.9. The van der Waals surface area contributed by atoms with Crippen LogP contribution in [0.2, 0.25) is 0 Å². The predicted molar refractivity (Wildman–Crippen MR) is 70.7 cm³/mol. The Morgan fingerprint density at radius 1 is 1.29 bits per heavy atom. The number of alkyl halides is 1. The van der Waals surface area contributed by atoms with Crippen molar-refractivity contribution < 1.29 is 9.53 Å². The van der Waals surface area contributed by atoms with E-state index in [9.17, 15) is 4.79 Å². The minimum atomic E-state index is -0.483. The highest BCUT2D eigenvalue weighted by Gasteiger charge is 2.15. The van der Waals surface area contributed by atoms with Gasteiger partial charge in [-0.05, 0) is 44.9 Å². The van der Waals surface area contributed by atoms with Crippen LogP contribution in [0.3, 0.4) is 0 Å². The van der Waals surface area contributed by atoms with E-state index in [4.69, 9.17) is 16.3 Å². The predicted octanol–water partition coefficient (Wildman–Crippen LogP) is 3.81. The Hall–Kier alpha value is -1.22. The van der Waals surface area contributed by atoms with Crippen molar-refractivity contribution in [2.24, 2.45) is 0 Å². The van der Waals surface area contributed by atoms with Crippen LogP contribution >= 0.6 is 11.6 Å². The molecule has 0 aromatic heterocycles. The van der Waals surface area contributed by atoms with Crippen molar-refractivity contribution in [3.8, 4) is 0 Å². The number of hydrogen-bond donors (Lipinski definition) is 1. The summed E-state index contributed by atoms with van der Waals surface area (Å²) in [7, 11) is 0. The van der Waals surface area contributed by atoms with Crippen LogP contribution < -0.4 is 5.32 Å². The largest absolute Gasteiger partial charge is 0.444 e. The molecule has 1 aromatic carbocycles. The molecule has 1 rings (SSSR count). The van der Waals surface area contributed by atoms with E-state index in [1.165, 1.54) is 0 Å². The Morgan fingerprint density at radius 2 is 1.88 bits per heavy atom. The van der Waals surface area contributed by atoms with E-state index in [-0.39, 0.29) is 0 Å². The van der Waals surface area contributed by atoms with Gasteiger partial charge in [-0.2, -0.15) is 0 Å². The maximum Gasteiger partial charge on any atom is 0.412 e. The highest BCUT2D eigenvalue weighted by molar-refractivity contribution is 6.17. The molecule has 0 saturated heterocycles. The van der Waals surface area contributed by atoms with Crippen LogP contribution in [-0.4, -0.2) is 17.6 Å². The fraction of sp³-hybridized carbons (Fsp3) is 0.462. The van der Waals surface area contributed by atoms with Crippen molar-refractivity contribution in [1.29, 1.82) is 0 Å². The lowest BCUT2D eigenvalue weighted by Gasteiger charge is -2.19. The van der Waals surface area contributed by atoms with E-state index in [0.29, 0.717) is 5.88 Å². The molecule has 1 amide bonds. The molecule has 0 fully saturated rings. The second-order valence-electron chi connectivity index (χ2n) is 4.76. The Balaban J connectivity index is 2.54. The zero-order valence-corrected chi connectivity index (χ0v) is 11.2. The summed E-state index contributed by atoms with van der Waals surface area (Å²) in [6.07, 6.45) is 0.386. The van der Waals surface area contributed by atoms with Gasteiger partial charge in [-0.1, -0.05) is 12.1 Å². The van der Waals surface area contributed by atoms with Crippen LogP contribution in [0.4, 0.5) is 10.5 Å². The number of rotatable bonds is 3. The molecular formula is C13H18ClNO2. The number of benzene rings is 1. The van der Waals surface area contributed by atoms with Crippen LogP contribution in [0.5, 0.6) is 0 Å². The number of nitrogens with one attached hydrogen (secondary N) is 1. The van der Waals surface area contributed by atoms with Gasteiger partial charge >= 0.3 is 6.09 Å². The van der Waals surface area contributed by atoms with Gasteiger partial charge in [-0.3, -0.25) is 5.32 Å². The molecule has 0 atom stereocenters. The molecule has 1 aromatic rings. The normalized spacial score (nSPS) is 11.1. The van der Waals surface area contributed by atoms with Gasteiger partial charge in [0.05, 0.1) is 0 Å². The van der Waals surface area contributed by atoms with Crippen molar-refractivity contribution in [3.63, 3.8) is 0 Å². The fourth-order valence-electron chi connectivity index (χ4n) is 1.29. The van der Waals surface area contributed by atoms with Crippen LogP contribution in [0, 0.1) is 0 Å². The second kappa shape index (κ2) is 5.92. The minimum Gasteiger partial charge on any atom is -0.444 e. The second-order valence-corrected chi connectivity index (χ2v) is 5.14. The fourth-order valence-corrected chi connectivity index (χ4v) is 1.50. The van der Waals surface area contributed by atoms with Crippen molar-refractivity contribution >= 4 is 23.4 Å². The lowest BCUT2D eigenvalue weighted by molar-refractivity contribution is 0.0636. The van der Waals surface area contributed by atoms with Crippen molar-refractivity contribution in [2.75, 3.05) is 11.2 Å². The Bertz CT molecular complexity index is 368. The molecule has 0 aliphatic heterocycles. The van der Waals surface area contributed by atoms with Gasteiger partial charge in [0.25, 0.3) is 0 Å². The first-order chi connectivity index (χ1) is 7.90. The average molecular weight is 256 g/mol. The van der Waals surface area contributed by atoms with Crippen LogP contribution in [-0.2, 0) is 11.2 Å². The number of carbonyl (C=O) groups excluding carboxylic acids is 1. The highest BCUT2D eigenvalue weighted by atomic mass is 35.5. The quantitative estimate of drug-likeness (QED) is 0.834. The lowest BCUT2D eigenvalue weighted by Crippen LogP contribution is -2.27. The highest BCUT2D eigenvalue weighted by Crippen LogP contribution is 2.13. The molecular weight excluding hydrogens is 238 g/mol. The third-order valence-corrected chi connectivity index (χ3v) is 2.17. The van der Waals surface area contributed by atoms with Crippen LogP contribution in [0.25, 0.3) is 0 Å². The number of anilines is 1. The van der Waals surface area contributed by atoms with Gasteiger partial charge < -0.3 is 4.74 Å². The third kappa shape index (κ3) is 5.59. The summed E-state index contributed by atoms with van der Waals surface area (Å²) in [6, 6.07) is 7.56. The van der Waals surface area contributed by atoms with E-state index in [1.807, 2.05) is 45.0 Å². The Labute approximate surface area is 107 Å². The monoisotopic (exact) mass is 255 g/mol. The van der Waals surface area contributed by atoms with E-state index in [1.54, 1.807) is 0 Å². The summed E-state index contributed by atoms with van der Waals surface area (Å²) in [4.78, 5) is 11.5. The molecule has 0 heterocycles. The van der Waals surface area contributed by atoms with Gasteiger partial charge in [0, 0.05) is 11.6 Å². The molecule has 0 spiro atoms. The van der Waals surface area contributed by atoms with Crippen LogP contribution in [0.1, 0.15) is 26.3 Å². The van der Waals surface area contributed by atoms with Crippen molar-refractivity contribution in [2.45, 2.75) is 32.8 Å². The Morgan fingerprint density at radius 3 is 2.35 bits per heavy atom. The van der Waals surface area contributed by atoms with Gasteiger partial charge in [-0.15, -0.1) is 11.6 Å². The molecule has 0 aliphatic carbocycles. The lowest BCUT2D eigenvalue weighted by atomic mass is 10.1. The van der Waals surface area contributed by atoms with Gasteiger partial charge in [0.2, 0.25) is 0 Å². The number of carbonyl (C=O) groups is 1. The van der Waals surface area contributed by atoms with Crippen molar-refractivity contribution in [1.82, 2.24) is 0 Å². The maximum atomic E-state index is 11.5. The van der Waals surface area contributed by atoms with E-state index >= 15 is 0 Å². The summed E-state index contributed by atoms with van der Waals surface area (Å²) in [6.45, 7) is 5.49. The third-order valence-electron chi connectivity index (χ3n) is 1.98. The molecule has 0 radical (unpaired) electrons. The molecule has 17 heavy (non-hydrogen) atoms. The average Bonchev–Trinajstić information content (AvgIpc) is 2.18. The number of amides is 1. The molecule has 0 unspecified atom stereocenters. The number of aryl methyl sites for hydroxylation is 1. The molecule has 1 N–H and O–H groups in total. The molecule has 3 nitrogen and oxygen atoms in total. The summed E-state index contributed by atoms with van der Waals surface area (Å²) in [5, 5.41) is 2.67. The summed E-state index contributed by atoms with van der Waals surface area (Å²) < 4.78 is 5.15. The minimum absolute atomic E-state index is 0.442. The summed E-state index contributed by atoms with van der Waals surface area (Å²) >= 11 is 5.64. The maximum absolute atomic E-state index is 11.5. The molecule has 0 aliphatic rings. The van der Waals surface area contributed by atoms with Gasteiger partial charge in [-0.25, -0.2) is 4.79 Å². The van der Waals surface area contributed by atoms with Crippen molar-refractivity contribution in [3.05, 3.63) is 29.8 Å². The van der Waals surface area contributed by atoms with E-state index in [0.717, 1.165) is 17.7 Å². The topological polar surface area (TPSA) is 38.3 Å². The number of hydrogen-bond acceptors (Lipinski definition) is 2. The van der Waals surface area contributed by atoms with Gasteiger partial charge in [0.15, 0.2) is 0 Å². The smallest absolute Gasteiger partial charge is 0.412 e. The first-order valence-electron chi connectivity index (χ1n) is 5.55. The SMILES string of the molecule is CC(C)(C)OC(=O)Nc1ccc(CCCl)cc1. The standard InChI is InChI=1S/C13H18ClNO2/c1-13(2,3)17-12(16)15-11-6-4-10(5-7-11)8-9-14/h4-7H,8-9H2,1-3H3,(H,15,16). The number of halogens is 1. The molecule has 0 saturated carbocycles. The first-order valence-corrected chi connectivity index (χ1v) is 6.09. The number of ether oxygens (including phenoxy) is 1. The molecule has 94 valence electrons. The molecule has 0 bridgehead atoms. The first kappa shape index (κ1) is 13.8. The summed E-state index contributed by atoms with van der Waals surface area (Å²) in [5.41, 5.74) is 1.38. The molecule has 4 heteroatoms. The summed E-state index contributed by atoms with van der Waals surface area (Å²) in [5.74, 6) is 0.596. The zero-order valence-electron chi connectivity index (χ0n) is 10.4.